The maximum Gasteiger partial charge on any atom is 0.276 e. The normalized spacial score (nSPS) is 9.62. The Hall–Kier alpha value is -1.49. The van der Waals surface area contributed by atoms with Crippen LogP contribution in [0.4, 0.5) is 11.5 Å². The highest BCUT2D eigenvalue weighted by Gasteiger charge is 2.02. The van der Waals surface area contributed by atoms with Gasteiger partial charge in [-0.25, -0.2) is 4.98 Å². The monoisotopic (exact) mass is 200 g/mol. The summed E-state index contributed by atoms with van der Waals surface area (Å²) >= 11 is 5.51. The van der Waals surface area contributed by atoms with Crippen LogP contribution in [0.25, 0.3) is 0 Å². The van der Waals surface area contributed by atoms with Gasteiger partial charge in [0.05, 0.1) is 12.9 Å². The number of nitrogens with zero attached hydrogens (tertiary/aromatic N) is 1. The molecular weight excluding hydrogens is 192 g/mol. The zero-order chi connectivity index (χ0) is 9.84. The van der Waals surface area contributed by atoms with E-state index >= 15 is 0 Å². The molecule has 13 heavy (non-hydrogen) atoms. The van der Waals surface area contributed by atoms with E-state index in [1.807, 2.05) is 0 Å². The molecule has 1 heterocycles. The summed E-state index contributed by atoms with van der Waals surface area (Å²) in [6.45, 7) is 3.79. The van der Waals surface area contributed by atoms with Crippen molar-refractivity contribution in [1.29, 1.82) is 0 Å². The van der Waals surface area contributed by atoms with Gasteiger partial charge in [0.1, 0.15) is 5.69 Å². The van der Waals surface area contributed by atoms with Crippen molar-refractivity contribution >= 4 is 23.1 Å². The lowest BCUT2D eigenvalue weighted by Crippen LogP contribution is -2.16. The van der Waals surface area contributed by atoms with E-state index in [-0.39, 0.29) is 11.2 Å². The average molecular weight is 201 g/mol. The van der Waals surface area contributed by atoms with Crippen LogP contribution in [0.3, 0.4) is 0 Å². The Labute approximate surface area is 79.6 Å². The molecule has 1 aromatic heterocycles. The minimum atomic E-state index is -0.377. The molecule has 0 saturated carbocycles. The van der Waals surface area contributed by atoms with Gasteiger partial charge in [0.25, 0.3) is 5.56 Å². The van der Waals surface area contributed by atoms with Gasteiger partial charge in [0.2, 0.25) is 0 Å². The van der Waals surface area contributed by atoms with Crippen LogP contribution < -0.4 is 16.6 Å². The first kappa shape index (κ1) is 9.60. The molecular formula is C7H9ClN4O. The third kappa shape index (κ3) is 2.48. The van der Waals surface area contributed by atoms with Crippen LogP contribution in [0.5, 0.6) is 0 Å². The molecule has 1 aromatic rings. The molecule has 0 bridgehead atoms. The van der Waals surface area contributed by atoms with Crippen LogP contribution in [0, 0.1) is 0 Å². The minimum absolute atomic E-state index is 0.0421. The predicted molar refractivity (Wildman–Crippen MR) is 52.8 cm³/mol. The lowest BCUT2D eigenvalue weighted by molar-refractivity contribution is 1.10. The molecule has 0 unspecified atom stereocenters. The molecule has 5 nitrogen and oxygen atoms in total. The number of nitrogen functional groups attached to an aromatic ring is 1. The number of anilines is 2. The van der Waals surface area contributed by atoms with Gasteiger partial charge in [-0.3, -0.25) is 4.79 Å². The largest absolute Gasteiger partial charge is 0.391 e. The lowest BCUT2D eigenvalue weighted by atomic mass is 10.4. The van der Waals surface area contributed by atoms with Crippen molar-refractivity contribution in [2.75, 3.05) is 17.6 Å². The van der Waals surface area contributed by atoms with Gasteiger partial charge < -0.3 is 16.0 Å². The van der Waals surface area contributed by atoms with E-state index in [4.69, 9.17) is 17.3 Å². The van der Waals surface area contributed by atoms with Crippen LogP contribution in [0.1, 0.15) is 0 Å². The van der Waals surface area contributed by atoms with Gasteiger partial charge in [-0.05, 0) is 0 Å². The van der Waals surface area contributed by atoms with E-state index in [0.717, 1.165) is 0 Å². The summed E-state index contributed by atoms with van der Waals surface area (Å²) in [5, 5.41) is 3.18. The number of hydrogen-bond donors (Lipinski definition) is 3. The van der Waals surface area contributed by atoms with Crippen LogP contribution in [-0.4, -0.2) is 16.5 Å². The highest BCUT2D eigenvalue weighted by Crippen LogP contribution is 2.08. The number of aromatic nitrogens is 2. The molecule has 0 aromatic carbocycles. The molecule has 0 aliphatic rings. The van der Waals surface area contributed by atoms with Crippen molar-refractivity contribution in [3.05, 3.63) is 28.3 Å². The van der Waals surface area contributed by atoms with Crippen molar-refractivity contribution in [3.63, 3.8) is 0 Å². The van der Waals surface area contributed by atoms with Crippen molar-refractivity contribution < 1.29 is 0 Å². The molecule has 6 heteroatoms. The third-order valence-electron chi connectivity index (χ3n) is 1.34. The molecule has 0 aliphatic heterocycles. The van der Waals surface area contributed by atoms with E-state index in [9.17, 15) is 4.79 Å². The van der Waals surface area contributed by atoms with Gasteiger partial charge in [-0.15, -0.1) is 0 Å². The van der Waals surface area contributed by atoms with E-state index in [1.54, 1.807) is 0 Å². The van der Waals surface area contributed by atoms with E-state index in [2.05, 4.69) is 21.9 Å². The maximum absolute atomic E-state index is 11.0. The van der Waals surface area contributed by atoms with Crippen LogP contribution >= 0.6 is 11.6 Å². The standard InChI is InChI=1S/C7H9ClN4O/c1-4(8)2-10-6-5(9)7(13)12-3-11-6/h3H,1-2,9H2,(H2,10,11,12,13). The van der Waals surface area contributed by atoms with Gasteiger partial charge in [0.15, 0.2) is 5.82 Å². The molecule has 70 valence electrons. The predicted octanol–water partition coefficient (Wildman–Crippen LogP) is 0.516. The molecule has 0 atom stereocenters. The zero-order valence-electron chi connectivity index (χ0n) is 6.80. The fourth-order valence-electron chi connectivity index (χ4n) is 0.731. The Morgan fingerprint density at radius 2 is 2.54 bits per heavy atom. The summed E-state index contributed by atoms with van der Waals surface area (Å²) < 4.78 is 0. The van der Waals surface area contributed by atoms with Crippen molar-refractivity contribution in [2.24, 2.45) is 0 Å². The molecule has 0 saturated heterocycles. The number of nitrogens with one attached hydrogen (secondary N) is 2. The van der Waals surface area contributed by atoms with E-state index in [0.29, 0.717) is 17.4 Å². The number of hydrogen-bond acceptors (Lipinski definition) is 4. The number of rotatable bonds is 3. The first-order valence-electron chi connectivity index (χ1n) is 3.51. The van der Waals surface area contributed by atoms with Crippen LogP contribution in [0.2, 0.25) is 0 Å². The summed E-state index contributed by atoms with van der Waals surface area (Å²) in [5.74, 6) is 0.311. The summed E-state index contributed by atoms with van der Waals surface area (Å²) in [6, 6.07) is 0. The number of nitrogens with two attached hydrogens (primary N) is 1. The summed E-state index contributed by atoms with van der Waals surface area (Å²) in [6.07, 6.45) is 1.26. The topological polar surface area (TPSA) is 83.8 Å². The van der Waals surface area contributed by atoms with Crippen molar-refractivity contribution in [1.82, 2.24) is 9.97 Å². The number of halogens is 1. The first-order valence-corrected chi connectivity index (χ1v) is 3.89. The van der Waals surface area contributed by atoms with Crippen molar-refractivity contribution in [2.45, 2.75) is 0 Å². The Morgan fingerprint density at radius 1 is 1.85 bits per heavy atom. The molecule has 0 aliphatic carbocycles. The molecule has 4 N–H and O–H groups in total. The second-order valence-corrected chi connectivity index (χ2v) is 2.90. The molecule has 0 radical (unpaired) electrons. The smallest absolute Gasteiger partial charge is 0.276 e. The summed E-state index contributed by atoms with van der Waals surface area (Å²) in [4.78, 5) is 17.1. The minimum Gasteiger partial charge on any atom is -0.391 e. The molecule has 0 amide bonds. The molecule has 1 rings (SSSR count). The van der Waals surface area contributed by atoms with Gasteiger partial charge in [-0.2, -0.15) is 0 Å². The maximum atomic E-state index is 11.0. The second kappa shape index (κ2) is 3.95. The number of H-pyrrole nitrogens is 1. The average Bonchev–Trinajstić information content (AvgIpc) is 2.07. The first-order chi connectivity index (χ1) is 6.11. The third-order valence-corrected chi connectivity index (χ3v) is 1.47. The Morgan fingerprint density at radius 3 is 3.15 bits per heavy atom. The van der Waals surface area contributed by atoms with Gasteiger partial charge in [-0.1, -0.05) is 18.2 Å². The fraction of sp³-hybridized carbons (Fsp3) is 0.143. The SMILES string of the molecule is C=C(Cl)CNc1nc[nH]c(=O)c1N. The second-order valence-electron chi connectivity index (χ2n) is 2.36. The van der Waals surface area contributed by atoms with Gasteiger partial charge >= 0.3 is 0 Å². The van der Waals surface area contributed by atoms with Crippen LogP contribution in [-0.2, 0) is 0 Å². The van der Waals surface area contributed by atoms with E-state index < -0.39 is 0 Å². The highest BCUT2D eigenvalue weighted by atomic mass is 35.5. The Bertz CT molecular complexity index is 373. The Balaban J connectivity index is 2.83. The number of aromatic amines is 1. The highest BCUT2D eigenvalue weighted by molar-refractivity contribution is 6.29. The van der Waals surface area contributed by atoms with E-state index in [1.165, 1.54) is 6.33 Å². The summed E-state index contributed by atoms with van der Waals surface area (Å²) in [5.41, 5.74) is 5.09. The lowest BCUT2D eigenvalue weighted by Gasteiger charge is -2.04. The molecule has 0 spiro atoms. The summed E-state index contributed by atoms with van der Waals surface area (Å²) in [7, 11) is 0. The van der Waals surface area contributed by atoms with Gasteiger partial charge in [0, 0.05) is 5.03 Å². The fourth-order valence-corrected chi connectivity index (χ4v) is 0.798. The quantitative estimate of drug-likeness (QED) is 0.664. The zero-order valence-corrected chi connectivity index (χ0v) is 7.56. The van der Waals surface area contributed by atoms with Crippen molar-refractivity contribution in [3.8, 4) is 0 Å². The molecule has 0 fully saturated rings. The van der Waals surface area contributed by atoms with Crippen LogP contribution in [0.15, 0.2) is 22.7 Å². The Kier molecular flexibility index (Phi) is 2.92.